The van der Waals surface area contributed by atoms with Crippen molar-refractivity contribution in [3.05, 3.63) is 23.8 Å². The lowest BCUT2D eigenvalue weighted by atomic mass is 9.99. The molecule has 1 aliphatic rings. The van der Waals surface area contributed by atoms with Crippen LogP contribution in [0.4, 0.5) is 0 Å². The Morgan fingerprint density at radius 2 is 1.23 bits per heavy atom. The zero-order chi connectivity index (χ0) is 18.6. The summed E-state index contributed by atoms with van der Waals surface area (Å²) in [4.78, 5) is 23.0. The molecule has 0 N–H and O–H groups in total. The van der Waals surface area contributed by atoms with Crippen LogP contribution < -0.4 is 9.47 Å². The number of methoxy groups -OCH3 is 2. The second-order valence-corrected chi connectivity index (χ2v) is 6.95. The van der Waals surface area contributed by atoms with Gasteiger partial charge in [-0.3, -0.25) is 4.89 Å². The molecule has 146 valence electrons. The summed E-state index contributed by atoms with van der Waals surface area (Å²) in [7, 11) is 3.09. The third-order valence-electron chi connectivity index (χ3n) is 4.90. The number of benzene rings is 1. The summed E-state index contributed by atoms with van der Waals surface area (Å²) >= 11 is 0. The van der Waals surface area contributed by atoms with Crippen LogP contribution in [0.5, 0.6) is 11.5 Å². The first-order valence-electron chi connectivity index (χ1n) is 9.83. The van der Waals surface area contributed by atoms with E-state index >= 15 is 0 Å². The average molecular weight is 364 g/mol. The number of carbonyl (C=O) groups excluding carboxylic acids is 1. The third kappa shape index (κ3) is 7.24. The maximum absolute atomic E-state index is 12.3. The van der Waals surface area contributed by atoms with Crippen molar-refractivity contribution in [3.63, 3.8) is 0 Å². The van der Waals surface area contributed by atoms with Gasteiger partial charge in [-0.05, 0) is 25.0 Å². The lowest BCUT2D eigenvalue weighted by Gasteiger charge is -2.17. The van der Waals surface area contributed by atoms with Gasteiger partial charge in [-0.25, -0.2) is 4.79 Å². The average Bonchev–Trinajstić information content (AvgIpc) is 2.66. The highest BCUT2D eigenvalue weighted by Gasteiger charge is 2.17. The standard InChI is InChI=1S/C21H32O5/c1-23-19-14-17(15-20(16-19)24-2)21(22)26-25-18-12-10-8-6-4-3-5-7-9-11-13-18/h14-16,18H,3-13H2,1-2H3. The predicted octanol–water partition coefficient (Wildman–Crippen LogP) is 5.47. The monoisotopic (exact) mass is 364 g/mol. The molecule has 0 amide bonds. The van der Waals surface area contributed by atoms with Gasteiger partial charge in [0.15, 0.2) is 0 Å². The van der Waals surface area contributed by atoms with Crippen molar-refractivity contribution in [1.29, 1.82) is 0 Å². The molecule has 26 heavy (non-hydrogen) atoms. The first kappa shape index (κ1) is 20.6. The Bertz CT molecular complexity index is 509. The molecule has 5 heteroatoms. The van der Waals surface area contributed by atoms with E-state index in [2.05, 4.69) is 0 Å². The Balaban J connectivity index is 1.88. The number of rotatable bonds is 5. The highest BCUT2D eigenvalue weighted by Crippen LogP contribution is 2.24. The predicted molar refractivity (Wildman–Crippen MR) is 101 cm³/mol. The van der Waals surface area contributed by atoms with Crippen LogP contribution >= 0.6 is 0 Å². The molecule has 1 saturated carbocycles. The molecule has 1 aliphatic carbocycles. The Hall–Kier alpha value is -1.75. The minimum absolute atomic E-state index is 0.0223. The van der Waals surface area contributed by atoms with Gasteiger partial charge >= 0.3 is 5.97 Å². The molecule has 0 aliphatic heterocycles. The van der Waals surface area contributed by atoms with Gasteiger partial charge in [0.05, 0.1) is 19.8 Å². The highest BCUT2D eigenvalue weighted by molar-refractivity contribution is 5.90. The van der Waals surface area contributed by atoms with Crippen LogP contribution in [0, 0.1) is 0 Å². The fourth-order valence-corrected chi connectivity index (χ4v) is 3.31. The van der Waals surface area contributed by atoms with Crippen LogP contribution in [0.3, 0.4) is 0 Å². The molecule has 2 rings (SSSR count). The normalized spacial score (nSPS) is 17.6. The molecular weight excluding hydrogens is 332 g/mol. The van der Waals surface area contributed by atoms with Crippen molar-refractivity contribution in [2.45, 2.75) is 76.7 Å². The van der Waals surface area contributed by atoms with Crippen molar-refractivity contribution in [1.82, 2.24) is 0 Å². The number of hydrogen-bond acceptors (Lipinski definition) is 5. The largest absolute Gasteiger partial charge is 0.497 e. The minimum Gasteiger partial charge on any atom is -0.497 e. The van der Waals surface area contributed by atoms with Crippen LogP contribution in [-0.4, -0.2) is 26.3 Å². The summed E-state index contributed by atoms with van der Waals surface area (Å²) in [6.07, 6.45) is 13.1. The van der Waals surface area contributed by atoms with Crippen LogP contribution in [0.15, 0.2) is 18.2 Å². The van der Waals surface area contributed by atoms with E-state index in [4.69, 9.17) is 19.2 Å². The number of carbonyl (C=O) groups is 1. The zero-order valence-electron chi connectivity index (χ0n) is 16.1. The van der Waals surface area contributed by atoms with E-state index < -0.39 is 5.97 Å². The van der Waals surface area contributed by atoms with E-state index in [0.717, 1.165) is 25.7 Å². The molecule has 0 heterocycles. The molecule has 1 aromatic carbocycles. The summed E-state index contributed by atoms with van der Waals surface area (Å²) in [6.45, 7) is 0. The summed E-state index contributed by atoms with van der Waals surface area (Å²) in [6, 6.07) is 4.95. The molecule has 0 aromatic heterocycles. The second kappa shape index (κ2) is 11.8. The fourth-order valence-electron chi connectivity index (χ4n) is 3.31. The van der Waals surface area contributed by atoms with Gasteiger partial charge in [0.2, 0.25) is 0 Å². The highest BCUT2D eigenvalue weighted by atomic mass is 17.2. The lowest BCUT2D eigenvalue weighted by molar-refractivity contribution is -0.277. The van der Waals surface area contributed by atoms with Gasteiger partial charge in [-0.15, -0.1) is 0 Å². The molecule has 0 spiro atoms. The van der Waals surface area contributed by atoms with Gasteiger partial charge in [0.25, 0.3) is 0 Å². The summed E-state index contributed by atoms with van der Waals surface area (Å²) in [5.41, 5.74) is 0.356. The molecule has 1 fully saturated rings. The van der Waals surface area contributed by atoms with Crippen LogP contribution in [0.25, 0.3) is 0 Å². The summed E-state index contributed by atoms with van der Waals surface area (Å²) in [5, 5.41) is 0. The topological polar surface area (TPSA) is 54.0 Å². The van der Waals surface area contributed by atoms with E-state index in [1.807, 2.05) is 0 Å². The van der Waals surface area contributed by atoms with Crippen LogP contribution in [0.1, 0.15) is 81.0 Å². The summed E-state index contributed by atoms with van der Waals surface area (Å²) < 4.78 is 10.4. The van der Waals surface area contributed by atoms with Gasteiger partial charge in [-0.2, -0.15) is 4.89 Å². The Kier molecular flexibility index (Phi) is 9.32. The molecule has 0 bridgehead atoms. The van der Waals surface area contributed by atoms with E-state index in [9.17, 15) is 4.79 Å². The Morgan fingerprint density at radius 1 is 0.769 bits per heavy atom. The molecule has 0 saturated heterocycles. The van der Waals surface area contributed by atoms with Crippen molar-refractivity contribution in [2.24, 2.45) is 0 Å². The summed E-state index contributed by atoms with van der Waals surface area (Å²) in [5.74, 6) is 0.568. The molecule has 1 aromatic rings. The molecule has 5 nitrogen and oxygen atoms in total. The fraction of sp³-hybridized carbons (Fsp3) is 0.667. The molecular formula is C21H32O5. The van der Waals surface area contributed by atoms with Gasteiger partial charge < -0.3 is 9.47 Å². The lowest BCUT2D eigenvalue weighted by Crippen LogP contribution is -2.17. The van der Waals surface area contributed by atoms with E-state index in [1.54, 1.807) is 32.4 Å². The van der Waals surface area contributed by atoms with E-state index in [1.165, 1.54) is 44.9 Å². The van der Waals surface area contributed by atoms with Crippen molar-refractivity contribution < 1.29 is 24.0 Å². The molecule has 0 radical (unpaired) electrons. The van der Waals surface area contributed by atoms with Gasteiger partial charge in [0, 0.05) is 6.07 Å². The van der Waals surface area contributed by atoms with Crippen molar-refractivity contribution in [3.8, 4) is 11.5 Å². The van der Waals surface area contributed by atoms with Crippen LogP contribution in [0.2, 0.25) is 0 Å². The maximum Gasteiger partial charge on any atom is 0.373 e. The maximum atomic E-state index is 12.3. The smallest absolute Gasteiger partial charge is 0.373 e. The van der Waals surface area contributed by atoms with Gasteiger partial charge in [0.1, 0.15) is 17.6 Å². The zero-order valence-corrected chi connectivity index (χ0v) is 16.1. The minimum atomic E-state index is -0.520. The van der Waals surface area contributed by atoms with E-state index in [0.29, 0.717) is 17.1 Å². The van der Waals surface area contributed by atoms with E-state index in [-0.39, 0.29) is 6.10 Å². The second-order valence-electron chi connectivity index (χ2n) is 6.95. The third-order valence-corrected chi connectivity index (χ3v) is 4.90. The SMILES string of the molecule is COc1cc(OC)cc(C(=O)OOC2CCCCCCCCCCC2)c1. The molecule has 0 atom stereocenters. The first-order valence-corrected chi connectivity index (χ1v) is 9.83. The van der Waals surface area contributed by atoms with Gasteiger partial charge in [-0.1, -0.05) is 57.8 Å². The Morgan fingerprint density at radius 3 is 1.69 bits per heavy atom. The first-order chi connectivity index (χ1) is 12.7. The van der Waals surface area contributed by atoms with Crippen molar-refractivity contribution >= 4 is 5.97 Å². The van der Waals surface area contributed by atoms with Crippen molar-refractivity contribution in [2.75, 3.05) is 14.2 Å². The number of hydrogen-bond donors (Lipinski definition) is 0. The molecule has 0 unspecified atom stereocenters. The van der Waals surface area contributed by atoms with Crippen LogP contribution in [-0.2, 0) is 9.78 Å². The number of ether oxygens (including phenoxy) is 2. The quantitative estimate of drug-likeness (QED) is 0.512. The Labute approximate surface area is 156 Å².